The number of aromatic nitrogens is 1. The second-order valence-corrected chi connectivity index (χ2v) is 12.0. The first-order valence-electron chi connectivity index (χ1n) is 14.4. The van der Waals surface area contributed by atoms with Gasteiger partial charge < -0.3 is 4.57 Å². The lowest BCUT2D eigenvalue weighted by Gasteiger charge is -2.12. The molecule has 0 aliphatic heterocycles. The molecular formula is C40H25NS. The normalized spacial score (nSPS) is 11.8. The molecule has 0 aliphatic rings. The topological polar surface area (TPSA) is 4.93 Å². The smallest absolute Gasteiger partial charge is 0.0634 e. The molecule has 1 nitrogen and oxygen atoms in total. The minimum absolute atomic E-state index is 1.18. The van der Waals surface area contributed by atoms with Gasteiger partial charge in [0.15, 0.2) is 0 Å². The van der Waals surface area contributed by atoms with Crippen LogP contribution < -0.4 is 0 Å². The number of benzene rings is 7. The van der Waals surface area contributed by atoms with Crippen LogP contribution in [0.5, 0.6) is 0 Å². The fourth-order valence-electron chi connectivity index (χ4n) is 6.70. The first-order chi connectivity index (χ1) is 20.8. The highest BCUT2D eigenvalue weighted by Crippen LogP contribution is 2.48. The van der Waals surface area contributed by atoms with E-state index in [1.165, 1.54) is 80.7 Å². The van der Waals surface area contributed by atoms with E-state index >= 15 is 0 Å². The van der Waals surface area contributed by atoms with E-state index in [9.17, 15) is 0 Å². The molecule has 2 heteroatoms. The van der Waals surface area contributed by atoms with E-state index < -0.39 is 0 Å². The minimum Gasteiger partial charge on any atom is -0.309 e. The maximum absolute atomic E-state index is 2.48. The van der Waals surface area contributed by atoms with Crippen molar-refractivity contribution in [2.45, 2.75) is 0 Å². The summed E-state index contributed by atoms with van der Waals surface area (Å²) in [6.45, 7) is 0. The van der Waals surface area contributed by atoms with Gasteiger partial charge in [-0.2, -0.15) is 0 Å². The van der Waals surface area contributed by atoms with Gasteiger partial charge in [-0.1, -0.05) is 115 Å². The molecule has 0 saturated carbocycles. The van der Waals surface area contributed by atoms with Gasteiger partial charge in [0, 0.05) is 42.2 Å². The molecule has 0 fully saturated rings. The third-order valence-electron chi connectivity index (χ3n) is 8.57. The van der Waals surface area contributed by atoms with Crippen LogP contribution in [0.15, 0.2) is 152 Å². The fraction of sp³-hybridized carbons (Fsp3) is 0. The van der Waals surface area contributed by atoms with E-state index in [2.05, 4.69) is 156 Å². The van der Waals surface area contributed by atoms with Gasteiger partial charge in [-0.3, -0.25) is 0 Å². The van der Waals surface area contributed by atoms with Crippen LogP contribution in [-0.2, 0) is 0 Å². The van der Waals surface area contributed by atoms with Gasteiger partial charge in [0.1, 0.15) is 0 Å². The number of nitrogens with zero attached hydrogens (tertiary/aromatic N) is 1. The van der Waals surface area contributed by atoms with Gasteiger partial charge in [-0.25, -0.2) is 0 Å². The van der Waals surface area contributed by atoms with Crippen LogP contribution in [0.3, 0.4) is 0 Å². The molecule has 0 amide bonds. The average Bonchev–Trinajstić information content (AvgIpc) is 3.60. The zero-order valence-corrected chi connectivity index (χ0v) is 23.6. The summed E-state index contributed by atoms with van der Waals surface area (Å²) in [6, 6.07) is 55.3. The van der Waals surface area contributed by atoms with Crippen molar-refractivity contribution in [3.63, 3.8) is 0 Å². The molecule has 0 unspecified atom stereocenters. The van der Waals surface area contributed by atoms with Crippen molar-refractivity contribution in [1.82, 2.24) is 4.57 Å². The second kappa shape index (κ2) is 9.17. The molecule has 0 N–H and O–H groups in total. The number of para-hydroxylation sites is 1. The number of rotatable bonds is 3. The molecular weight excluding hydrogens is 527 g/mol. The summed E-state index contributed by atoms with van der Waals surface area (Å²) in [5.74, 6) is 0. The van der Waals surface area contributed by atoms with Crippen LogP contribution in [-0.4, -0.2) is 4.57 Å². The van der Waals surface area contributed by atoms with Crippen molar-refractivity contribution in [3.05, 3.63) is 152 Å². The molecule has 0 radical (unpaired) electrons. The molecule has 7 aromatic carbocycles. The van der Waals surface area contributed by atoms with Crippen molar-refractivity contribution in [2.75, 3.05) is 0 Å². The van der Waals surface area contributed by atoms with Crippen LogP contribution in [0.1, 0.15) is 0 Å². The molecule has 9 rings (SSSR count). The summed E-state index contributed by atoms with van der Waals surface area (Å²) in [5.41, 5.74) is 8.73. The largest absolute Gasteiger partial charge is 0.309 e. The second-order valence-electron chi connectivity index (χ2n) is 10.9. The molecule has 0 saturated heterocycles. The van der Waals surface area contributed by atoms with E-state index in [1.807, 2.05) is 11.3 Å². The van der Waals surface area contributed by atoms with E-state index in [-0.39, 0.29) is 0 Å². The molecule has 0 bridgehead atoms. The summed E-state index contributed by atoms with van der Waals surface area (Å²) in [4.78, 5) is 0. The lowest BCUT2D eigenvalue weighted by molar-refractivity contribution is 1.19. The highest BCUT2D eigenvalue weighted by atomic mass is 32.1. The average molecular weight is 552 g/mol. The lowest BCUT2D eigenvalue weighted by atomic mass is 9.94. The SMILES string of the molecule is c1ccc(-c2ccc3c(c2)c2cc(-c4cccc5ccccc45)c4sc5ccccc5c4c2n3-c2ccccc2)cc1. The van der Waals surface area contributed by atoms with Crippen molar-refractivity contribution < 1.29 is 0 Å². The lowest BCUT2D eigenvalue weighted by Crippen LogP contribution is -1.94. The first kappa shape index (κ1) is 23.5. The van der Waals surface area contributed by atoms with Gasteiger partial charge in [0.05, 0.1) is 11.0 Å². The Morgan fingerprint density at radius 1 is 0.452 bits per heavy atom. The summed E-state index contributed by atoms with van der Waals surface area (Å²) in [6.07, 6.45) is 0. The quantitative estimate of drug-likeness (QED) is 0.206. The Morgan fingerprint density at radius 2 is 1.17 bits per heavy atom. The number of fused-ring (bicyclic) bond motifs is 8. The fourth-order valence-corrected chi connectivity index (χ4v) is 7.94. The Labute approximate surface area is 247 Å². The Hall–Kier alpha value is -5.18. The summed E-state index contributed by atoms with van der Waals surface area (Å²) in [7, 11) is 0. The third kappa shape index (κ3) is 3.43. The van der Waals surface area contributed by atoms with Gasteiger partial charge in [-0.05, 0) is 63.9 Å². The third-order valence-corrected chi connectivity index (χ3v) is 9.78. The number of hydrogen-bond donors (Lipinski definition) is 0. The molecule has 0 spiro atoms. The predicted molar refractivity (Wildman–Crippen MR) is 182 cm³/mol. The first-order valence-corrected chi connectivity index (χ1v) is 15.2. The highest BCUT2D eigenvalue weighted by Gasteiger charge is 2.22. The number of thiophene rings is 1. The summed E-state index contributed by atoms with van der Waals surface area (Å²) >= 11 is 1.91. The maximum Gasteiger partial charge on any atom is 0.0634 e. The van der Waals surface area contributed by atoms with Crippen LogP contribution in [0.2, 0.25) is 0 Å². The monoisotopic (exact) mass is 551 g/mol. The standard InChI is InChI=1S/C40H25NS/c1-3-12-26(13-4-1)28-22-23-36-33(24-28)34-25-35(31-20-11-15-27-14-7-8-18-30(27)31)40-38(32-19-9-10-21-37(32)42-40)39(34)41(36)29-16-5-2-6-17-29/h1-25H. The maximum atomic E-state index is 2.48. The zero-order chi connectivity index (χ0) is 27.6. The molecule has 196 valence electrons. The van der Waals surface area contributed by atoms with Gasteiger partial charge in [0.25, 0.3) is 0 Å². The van der Waals surface area contributed by atoms with Gasteiger partial charge >= 0.3 is 0 Å². The Morgan fingerprint density at radius 3 is 2.02 bits per heavy atom. The van der Waals surface area contributed by atoms with Crippen LogP contribution >= 0.6 is 11.3 Å². The molecule has 2 heterocycles. The molecule has 0 aliphatic carbocycles. The summed E-state index contributed by atoms with van der Waals surface area (Å²) < 4.78 is 5.13. The molecule has 2 aromatic heterocycles. The van der Waals surface area contributed by atoms with Crippen molar-refractivity contribution in [3.8, 4) is 27.9 Å². The minimum atomic E-state index is 1.18. The van der Waals surface area contributed by atoms with Crippen LogP contribution in [0, 0.1) is 0 Å². The van der Waals surface area contributed by atoms with E-state index in [4.69, 9.17) is 0 Å². The zero-order valence-electron chi connectivity index (χ0n) is 22.8. The number of hydrogen-bond acceptors (Lipinski definition) is 1. The van der Waals surface area contributed by atoms with Gasteiger partial charge in [-0.15, -0.1) is 11.3 Å². The van der Waals surface area contributed by atoms with E-state index in [0.717, 1.165) is 0 Å². The van der Waals surface area contributed by atoms with Crippen molar-refractivity contribution in [1.29, 1.82) is 0 Å². The Bertz CT molecular complexity index is 2440. The Kier molecular flexibility index (Phi) is 5.13. The van der Waals surface area contributed by atoms with Gasteiger partial charge in [0.2, 0.25) is 0 Å². The van der Waals surface area contributed by atoms with Crippen LogP contribution in [0.25, 0.3) is 80.7 Å². The highest BCUT2D eigenvalue weighted by molar-refractivity contribution is 7.26. The van der Waals surface area contributed by atoms with E-state index in [1.54, 1.807) is 0 Å². The Balaban J connectivity index is 1.52. The molecule has 9 aromatic rings. The molecule has 42 heavy (non-hydrogen) atoms. The van der Waals surface area contributed by atoms with E-state index in [0.29, 0.717) is 0 Å². The molecule has 0 atom stereocenters. The van der Waals surface area contributed by atoms with Crippen LogP contribution in [0.4, 0.5) is 0 Å². The predicted octanol–water partition coefficient (Wildman–Crippen LogP) is 11.6. The van der Waals surface area contributed by atoms with Crippen molar-refractivity contribution >= 4 is 64.1 Å². The summed E-state index contributed by atoms with van der Waals surface area (Å²) in [5, 5.41) is 7.75. The van der Waals surface area contributed by atoms with Crippen molar-refractivity contribution in [2.24, 2.45) is 0 Å².